The van der Waals surface area contributed by atoms with Gasteiger partial charge >= 0.3 is 5.97 Å². The zero-order valence-corrected chi connectivity index (χ0v) is 13.6. The molecule has 0 bridgehead atoms. The van der Waals surface area contributed by atoms with E-state index in [1.807, 2.05) is 13.8 Å². The fourth-order valence-corrected chi connectivity index (χ4v) is 4.52. The smallest absolute Gasteiger partial charge is 0.304 e. The first-order chi connectivity index (χ1) is 9.53. The highest BCUT2D eigenvalue weighted by Gasteiger charge is 2.39. The molecule has 7 nitrogen and oxygen atoms in total. The molecule has 0 aromatic rings. The Labute approximate surface area is 125 Å². The third-order valence-electron chi connectivity index (χ3n) is 3.63. The van der Waals surface area contributed by atoms with Crippen molar-refractivity contribution in [1.29, 1.82) is 0 Å². The van der Waals surface area contributed by atoms with Crippen LogP contribution >= 0.6 is 0 Å². The van der Waals surface area contributed by atoms with Crippen molar-refractivity contribution in [2.75, 3.05) is 24.6 Å². The van der Waals surface area contributed by atoms with E-state index in [0.717, 1.165) is 0 Å². The van der Waals surface area contributed by atoms with Crippen molar-refractivity contribution in [2.24, 2.45) is 0 Å². The van der Waals surface area contributed by atoms with Crippen molar-refractivity contribution in [3.63, 3.8) is 0 Å². The fourth-order valence-electron chi connectivity index (χ4n) is 2.43. The van der Waals surface area contributed by atoms with Gasteiger partial charge in [-0.25, -0.2) is 8.42 Å². The van der Waals surface area contributed by atoms with E-state index in [4.69, 9.17) is 5.11 Å². The van der Waals surface area contributed by atoms with Gasteiger partial charge in [0.05, 0.1) is 30.0 Å². The van der Waals surface area contributed by atoms with Gasteiger partial charge in [0.2, 0.25) is 5.91 Å². The van der Waals surface area contributed by atoms with Gasteiger partial charge in [-0.1, -0.05) is 0 Å². The third-order valence-corrected chi connectivity index (χ3v) is 5.54. The Bertz CT molecular complexity index is 503. The van der Waals surface area contributed by atoms with Gasteiger partial charge in [0.1, 0.15) is 0 Å². The van der Waals surface area contributed by atoms with Crippen molar-refractivity contribution in [3.05, 3.63) is 0 Å². The second-order valence-electron chi connectivity index (χ2n) is 6.16. The maximum atomic E-state index is 12.1. The molecule has 1 atom stereocenters. The summed E-state index contributed by atoms with van der Waals surface area (Å²) >= 11 is 0. The summed E-state index contributed by atoms with van der Waals surface area (Å²) in [6.45, 7) is 5.86. The number of carboxylic acid groups (broad SMARTS) is 1. The van der Waals surface area contributed by atoms with Crippen LogP contribution in [0.2, 0.25) is 0 Å². The number of nitrogens with zero attached hydrogens (tertiary/aromatic N) is 1. The molecule has 1 rings (SSSR count). The summed E-state index contributed by atoms with van der Waals surface area (Å²) in [6.07, 6.45) is 0.384. The maximum Gasteiger partial charge on any atom is 0.304 e. The maximum absolute atomic E-state index is 12.1. The first kappa shape index (κ1) is 17.9. The van der Waals surface area contributed by atoms with E-state index in [0.29, 0.717) is 6.42 Å². The number of sulfone groups is 1. The SMILES string of the molecule is CC(C)N(CCC(=O)O)CC(=O)NC1(C)CCS(=O)(=O)C1. The number of rotatable bonds is 7. The molecule has 2 N–H and O–H groups in total. The van der Waals surface area contributed by atoms with Gasteiger partial charge in [-0.3, -0.25) is 14.5 Å². The molecule has 1 saturated heterocycles. The van der Waals surface area contributed by atoms with Crippen molar-refractivity contribution in [1.82, 2.24) is 10.2 Å². The van der Waals surface area contributed by atoms with Crippen molar-refractivity contribution >= 4 is 21.7 Å². The Balaban J connectivity index is 2.56. The summed E-state index contributed by atoms with van der Waals surface area (Å²) in [5, 5.41) is 11.5. The normalized spacial score (nSPS) is 24.4. The molecule has 1 aliphatic rings. The van der Waals surface area contributed by atoms with Crippen molar-refractivity contribution in [2.45, 2.75) is 45.2 Å². The van der Waals surface area contributed by atoms with Crippen LogP contribution in [0.5, 0.6) is 0 Å². The summed E-state index contributed by atoms with van der Waals surface area (Å²) in [7, 11) is -3.07. The number of hydrogen-bond donors (Lipinski definition) is 2. The van der Waals surface area contributed by atoms with Crippen LogP contribution in [0.3, 0.4) is 0 Å². The molecule has 1 unspecified atom stereocenters. The highest BCUT2D eigenvalue weighted by atomic mass is 32.2. The molecule has 1 aliphatic heterocycles. The molecule has 0 aromatic carbocycles. The Morgan fingerprint density at radius 1 is 1.38 bits per heavy atom. The van der Waals surface area contributed by atoms with Crippen LogP contribution in [0.15, 0.2) is 0 Å². The largest absolute Gasteiger partial charge is 0.481 e. The molecule has 1 heterocycles. The average molecular weight is 320 g/mol. The van der Waals surface area contributed by atoms with Gasteiger partial charge in [-0.05, 0) is 27.2 Å². The van der Waals surface area contributed by atoms with E-state index in [9.17, 15) is 18.0 Å². The molecule has 1 fully saturated rings. The lowest BCUT2D eigenvalue weighted by Crippen LogP contribution is -2.51. The summed E-state index contributed by atoms with van der Waals surface area (Å²) in [6, 6.07) is 0.0372. The number of amides is 1. The molecule has 0 aliphatic carbocycles. The van der Waals surface area contributed by atoms with Crippen LogP contribution in [-0.4, -0.2) is 66.5 Å². The third kappa shape index (κ3) is 6.01. The van der Waals surface area contributed by atoms with Crippen LogP contribution < -0.4 is 5.32 Å². The minimum absolute atomic E-state index is 0.0306. The number of nitrogens with one attached hydrogen (secondary N) is 1. The molecular weight excluding hydrogens is 296 g/mol. The van der Waals surface area contributed by atoms with Gasteiger partial charge in [-0.2, -0.15) is 0 Å². The highest BCUT2D eigenvalue weighted by Crippen LogP contribution is 2.22. The van der Waals surface area contributed by atoms with Crippen molar-refractivity contribution < 1.29 is 23.1 Å². The fraction of sp³-hybridized carbons (Fsp3) is 0.846. The molecule has 122 valence electrons. The van der Waals surface area contributed by atoms with E-state index in [1.54, 1.807) is 11.8 Å². The first-order valence-corrected chi connectivity index (χ1v) is 8.82. The van der Waals surface area contributed by atoms with E-state index in [-0.39, 0.29) is 43.0 Å². The number of aliphatic carboxylic acids is 1. The first-order valence-electron chi connectivity index (χ1n) is 7.00. The molecule has 8 heteroatoms. The van der Waals surface area contributed by atoms with Gasteiger partial charge in [-0.15, -0.1) is 0 Å². The zero-order chi connectivity index (χ0) is 16.3. The summed E-state index contributed by atoms with van der Waals surface area (Å²) < 4.78 is 23.0. The summed E-state index contributed by atoms with van der Waals surface area (Å²) in [4.78, 5) is 24.5. The molecule has 1 amide bonds. The van der Waals surface area contributed by atoms with E-state index >= 15 is 0 Å². The average Bonchev–Trinajstić information content (AvgIpc) is 2.57. The summed E-state index contributed by atoms with van der Waals surface area (Å²) in [5.41, 5.74) is -0.717. The number of hydrogen-bond acceptors (Lipinski definition) is 5. The topological polar surface area (TPSA) is 104 Å². The molecule has 0 saturated carbocycles. The van der Waals surface area contributed by atoms with Gasteiger partial charge in [0.15, 0.2) is 9.84 Å². The van der Waals surface area contributed by atoms with Gasteiger partial charge in [0, 0.05) is 12.6 Å². The van der Waals surface area contributed by atoms with Gasteiger partial charge < -0.3 is 10.4 Å². The van der Waals surface area contributed by atoms with E-state index in [2.05, 4.69) is 5.32 Å². The van der Waals surface area contributed by atoms with Crippen molar-refractivity contribution in [3.8, 4) is 0 Å². The molecular formula is C13H24N2O5S. The zero-order valence-electron chi connectivity index (χ0n) is 12.8. The van der Waals surface area contributed by atoms with Crippen LogP contribution in [0.25, 0.3) is 0 Å². The quantitative estimate of drug-likeness (QED) is 0.677. The second-order valence-corrected chi connectivity index (χ2v) is 8.34. The Morgan fingerprint density at radius 3 is 2.43 bits per heavy atom. The molecule has 21 heavy (non-hydrogen) atoms. The Kier molecular flexibility index (Phi) is 5.75. The monoisotopic (exact) mass is 320 g/mol. The number of carbonyl (C=O) groups is 2. The molecule has 0 spiro atoms. The standard InChI is InChI=1S/C13H24N2O5S/c1-10(2)15(6-4-12(17)18)8-11(16)14-13(3)5-7-21(19,20)9-13/h10H,4-9H2,1-3H3,(H,14,16)(H,17,18). The predicted molar refractivity (Wildman–Crippen MR) is 78.8 cm³/mol. The van der Waals surface area contributed by atoms with Crippen LogP contribution in [-0.2, 0) is 19.4 Å². The highest BCUT2D eigenvalue weighted by molar-refractivity contribution is 7.91. The minimum Gasteiger partial charge on any atom is -0.481 e. The molecule has 0 radical (unpaired) electrons. The molecule has 0 aromatic heterocycles. The number of carboxylic acids is 1. The van der Waals surface area contributed by atoms with Crippen LogP contribution in [0.1, 0.15) is 33.6 Å². The lowest BCUT2D eigenvalue weighted by Gasteiger charge is -2.29. The summed E-state index contributed by atoms with van der Waals surface area (Å²) in [5.74, 6) is -1.12. The minimum atomic E-state index is -3.07. The lowest BCUT2D eigenvalue weighted by molar-refractivity contribution is -0.138. The number of carbonyl (C=O) groups excluding carboxylic acids is 1. The second kappa shape index (κ2) is 6.74. The van der Waals surface area contributed by atoms with E-state index in [1.165, 1.54) is 0 Å². The van der Waals surface area contributed by atoms with Crippen LogP contribution in [0, 0.1) is 0 Å². The van der Waals surface area contributed by atoms with Gasteiger partial charge in [0.25, 0.3) is 0 Å². The van der Waals surface area contributed by atoms with E-state index < -0.39 is 21.3 Å². The lowest BCUT2D eigenvalue weighted by atomic mass is 10.0. The predicted octanol–water partition coefficient (Wildman–Crippen LogP) is -0.135. The Morgan fingerprint density at radius 2 is 2.00 bits per heavy atom. The Hall–Kier alpha value is -1.15. The van der Waals surface area contributed by atoms with Crippen LogP contribution in [0.4, 0.5) is 0 Å².